The van der Waals surface area contributed by atoms with Crippen LogP contribution in [0.25, 0.3) is 11.1 Å². The minimum absolute atomic E-state index is 0.209. The first-order chi connectivity index (χ1) is 8.74. The fourth-order valence-electron chi connectivity index (χ4n) is 1.67. The molecule has 0 saturated heterocycles. The molecule has 0 aliphatic carbocycles. The van der Waals surface area contributed by atoms with Gasteiger partial charge in [0.15, 0.2) is 5.58 Å². The third-order valence-corrected chi connectivity index (χ3v) is 3.32. The second-order valence-electron chi connectivity index (χ2n) is 3.62. The Kier molecular flexibility index (Phi) is 2.49. The highest BCUT2D eigenvalue weighted by Crippen LogP contribution is 2.21. The van der Waals surface area contributed by atoms with E-state index in [0.29, 0.717) is 21.7 Å². The van der Waals surface area contributed by atoms with E-state index < -0.39 is 5.76 Å². The van der Waals surface area contributed by atoms with Crippen molar-refractivity contribution in [3.05, 3.63) is 51.1 Å². The Morgan fingerprint density at radius 2 is 2.17 bits per heavy atom. The van der Waals surface area contributed by atoms with Gasteiger partial charge < -0.3 is 9.73 Å². The second kappa shape index (κ2) is 4.15. The first-order valence-electron chi connectivity index (χ1n) is 5.21. The molecule has 0 fully saturated rings. The van der Waals surface area contributed by atoms with E-state index in [1.165, 1.54) is 11.3 Å². The molecule has 2 aromatic heterocycles. The van der Waals surface area contributed by atoms with Crippen LogP contribution in [0.1, 0.15) is 9.67 Å². The van der Waals surface area contributed by atoms with Crippen molar-refractivity contribution in [1.29, 1.82) is 0 Å². The Hall–Kier alpha value is -2.34. The monoisotopic (exact) mass is 260 g/mol. The highest BCUT2D eigenvalue weighted by atomic mass is 32.1. The van der Waals surface area contributed by atoms with E-state index in [0.717, 1.165) is 0 Å². The lowest BCUT2D eigenvalue weighted by Gasteiger charge is -2.03. The lowest BCUT2D eigenvalue weighted by molar-refractivity contribution is 0.103. The van der Waals surface area contributed by atoms with Gasteiger partial charge in [0.05, 0.1) is 10.6 Å². The van der Waals surface area contributed by atoms with Crippen LogP contribution in [0.3, 0.4) is 0 Å². The second-order valence-corrected chi connectivity index (χ2v) is 4.57. The third kappa shape index (κ3) is 1.82. The predicted molar refractivity (Wildman–Crippen MR) is 69.1 cm³/mol. The largest absolute Gasteiger partial charge is 0.417 e. The van der Waals surface area contributed by atoms with Gasteiger partial charge in [-0.15, -0.1) is 11.3 Å². The molecule has 1 aromatic carbocycles. The molecule has 2 N–H and O–H groups in total. The van der Waals surface area contributed by atoms with Crippen molar-refractivity contribution in [2.75, 3.05) is 5.32 Å². The van der Waals surface area contributed by atoms with E-state index in [2.05, 4.69) is 10.3 Å². The zero-order chi connectivity index (χ0) is 12.5. The van der Waals surface area contributed by atoms with Crippen molar-refractivity contribution in [3.8, 4) is 0 Å². The van der Waals surface area contributed by atoms with Crippen LogP contribution in [0.4, 0.5) is 5.69 Å². The van der Waals surface area contributed by atoms with Crippen LogP contribution in [-0.2, 0) is 0 Å². The van der Waals surface area contributed by atoms with Gasteiger partial charge in [-0.05, 0) is 23.6 Å². The summed E-state index contributed by atoms with van der Waals surface area (Å²) in [7, 11) is 0. The number of nitrogens with one attached hydrogen (secondary N) is 2. The van der Waals surface area contributed by atoms with Crippen molar-refractivity contribution in [1.82, 2.24) is 4.98 Å². The molecule has 3 rings (SSSR count). The van der Waals surface area contributed by atoms with Gasteiger partial charge in [-0.1, -0.05) is 12.1 Å². The van der Waals surface area contributed by atoms with Gasteiger partial charge in [0.2, 0.25) is 0 Å². The van der Waals surface area contributed by atoms with Crippen LogP contribution < -0.4 is 11.1 Å². The molecule has 0 unspecified atom stereocenters. The van der Waals surface area contributed by atoms with E-state index in [-0.39, 0.29) is 5.91 Å². The van der Waals surface area contributed by atoms with Crippen molar-refractivity contribution >= 4 is 34.0 Å². The summed E-state index contributed by atoms with van der Waals surface area (Å²) in [5.74, 6) is -0.748. The number of hydrogen-bond acceptors (Lipinski definition) is 4. The zero-order valence-corrected chi connectivity index (χ0v) is 9.91. The zero-order valence-electron chi connectivity index (χ0n) is 9.10. The van der Waals surface area contributed by atoms with Gasteiger partial charge in [-0.25, -0.2) is 4.79 Å². The number of H-pyrrole nitrogens is 1. The topological polar surface area (TPSA) is 75.1 Å². The maximum absolute atomic E-state index is 11.9. The van der Waals surface area contributed by atoms with Crippen molar-refractivity contribution in [3.63, 3.8) is 0 Å². The van der Waals surface area contributed by atoms with E-state index >= 15 is 0 Å². The summed E-state index contributed by atoms with van der Waals surface area (Å²) in [5, 5.41) is 4.57. The quantitative estimate of drug-likeness (QED) is 0.743. The molecule has 0 aliphatic rings. The number of rotatable bonds is 2. The Labute approximate surface area is 105 Å². The number of anilines is 1. The summed E-state index contributed by atoms with van der Waals surface area (Å²) >= 11 is 1.35. The van der Waals surface area contributed by atoms with E-state index in [1.54, 1.807) is 30.3 Å². The van der Waals surface area contributed by atoms with Gasteiger partial charge in [0.25, 0.3) is 5.91 Å². The SMILES string of the molecule is O=C(Nc1cccc2oc(=O)[nH]c12)c1cccs1. The number of para-hydroxylation sites is 1. The Morgan fingerprint density at radius 3 is 2.94 bits per heavy atom. The van der Waals surface area contributed by atoms with Crippen LogP contribution in [0.15, 0.2) is 44.9 Å². The first kappa shape index (κ1) is 10.8. The Morgan fingerprint density at radius 1 is 1.28 bits per heavy atom. The lowest BCUT2D eigenvalue weighted by Crippen LogP contribution is -2.10. The van der Waals surface area contributed by atoms with Gasteiger partial charge in [-0.2, -0.15) is 0 Å². The van der Waals surface area contributed by atoms with Crippen LogP contribution >= 0.6 is 11.3 Å². The number of aromatic amines is 1. The summed E-state index contributed by atoms with van der Waals surface area (Å²) in [6.45, 7) is 0. The molecule has 3 aromatic rings. The highest BCUT2D eigenvalue weighted by Gasteiger charge is 2.11. The summed E-state index contributed by atoms with van der Waals surface area (Å²) in [6, 6.07) is 8.62. The van der Waals surface area contributed by atoms with Crippen molar-refractivity contribution < 1.29 is 9.21 Å². The third-order valence-electron chi connectivity index (χ3n) is 2.45. The standard InChI is InChI=1S/C12H8N2O3S/c15-11(9-5-2-6-18-9)13-7-3-1-4-8-10(7)14-12(16)17-8/h1-6H,(H,13,15)(H,14,16). The van der Waals surface area contributed by atoms with Crippen LogP contribution in [0.5, 0.6) is 0 Å². The number of hydrogen-bond donors (Lipinski definition) is 2. The minimum atomic E-state index is -0.539. The molecule has 0 spiro atoms. The molecule has 18 heavy (non-hydrogen) atoms. The van der Waals surface area contributed by atoms with E-state index in [1.807, 2.05) is 5.38 Å². The number of benzene rings is 1. The molecule has 0 atom stereocenters. The average molecular weight is 260 g/mol. The predicted octanol–water partition coefficient (Wildman–Crippen LogP) is 2.43. The maximum atomic E-state index is 11.9. The molecule has 0 saturated carbocycles. The van der Waals surface area contributed by atoms with Gasteiger partial charge in [-0.3, -0.25) is 9.78 Å². The van der Waals surface area contributed by atoms with Crippen molar-refractivity contribution in [2.24, 2.45) is 0 Å². The summed E-state index contributed by atoms with van der Waals surface area (Å²) in [6.07, 6.45) is 0. The minimum Gasteiger partial charge on any atom is -0.408 e. The maximum Gasteiger partial charge on any atom is 0.417 e. The molecule has 90 valence electrons. The average Bonchev–Trinajstić information content (AvgIpc) is 2.96. The number of carbonyl (C=O) groups is 1. The highest BCUT2D eigenvalue weighted by molar-refractivity contribution is 7.12. The number of thiophene rings is 1. The van der Waals surface area contributed by atoms with Crippen LogP contribution in [-0.4, -0.2) is 10.9 Å². The van der Waals surface area contributed by atoms with Gasteiger partial charge >= 0.3 is 5.76 Å². The molecule has 0 radical (unpaired) electrons. The molecule has 0 aliphatic heterocycles. The lowest BCUT2D eigenvalue weighted by atomic mass is 10.2. The fraction of sp³-hybridized carbons (Fsp3) is 0. The number of fused-ring (bicyclic) bond motifs is 1. The molecular weight excluding hydrogens is 252 g/mol. The summed E-state index contributed by atoms with van der Waals surface area (Å²) < 4.78 is 4.92. The van der Waals surface area contributed by atoms with Gasteiger partial charge in [0, 0.05) is 0 Å². The molecule has 2 heterocycles. The molecule has 0 bridgehead atoms. The molecule has 6 heteroatoms. The smallest absolute Gasteiger partial charge is 0.408 e. The normalized spacial score (nSPS) is 10.7. The van der Waals surface area contributed by atoms with E-state index in [9.17, 15) is 9.59 Å². The van der Waals surface area contributed by atoms with E-state index in [4.69, 9.17) is 4.42 Å². The molecule has 1 amide bonds. The number of carbonyl (C=O) groups excluding carboxylic acids is 1. The number of aromatic nitrogens is 1. The number of amides is 1. The molecular formula is C12H8N2O3S. The Bertz CT molecular complexity index is 755. The summed E-state index contributed by atoms with van der Waals surface area (Å²) in [4.78, 5) is 26.2. The van der Waals surface area contributed by atoms with Crippen LogP contribution in [0.2, 0.25) is 0 Å². The number of oxazole rings is 1. The first-order valence-corrected chi connectivity index (χ1v) is 6.09. The van der Waals surface area contributed by atoms with Crippen LogP contribution in [0, 0.1) is 0 Å². The Balaban J connectivity index is 2.00. The molecule has 5 nitrogen and oxygen atoms in total. The summed E-state index contributed by atoms with van der Waals surface area (Å²) in [5.41, 5.74) is 1.44. The fourth-order valence-corrected chi connectivity index (χ4v) is 2.29. The van der Waals surface area contributed by atoms with Gasteiger partial charge in [0.1, 0.15) is 5.52 Å². The van der Waals surface area contributed by atoms with Crippen molar-refractivity contribution in [2.45, 2.75) is 0 Å².